The quantitative estimate of drug-likeness (QED) is 0.220. The average Bonchev–Trinajstić information content (AvgIpc) is 3.20. The molecule has 0 atom stereocenters. The normalized spacial score (nSPS) is 11.2. The van der Waals surface area contributed by atoms with E-state index in [1.807, 2.05) is 18.2 Å². The largest absolute Gasteiger partial charge is 0.422 e. The molecule has 0 aliphatic heterocycles. The van der Waals surface area contributed by atoms with E-state index < -0.39 is 0 Å². The SMILES string of the molecule is CCCCCc1ccc(OC(=O)c2cc3cc(CCCC)sc3s2)cc1. The third-order valence-electron chi connectivity index (χ3n) is 4.45. The monoisotopic (exact) mass is 386 g/mol. The van der Waals surface area contributed by atoms with Crippen molar-refractivity contribution in [2.24, 2.45) is 0 Å². The van der Waals surface area contributed by atoms with Crippen LogP contribution in [0.4, 0.5) is 0 Å². The minimum Gasteiger partial charge on any atom is -0.422 e. The summed E-state index contributed by atoms with van der Waals surface area (Å²) in [6, 6.07) is 12.1. The van der Waals surface area contributed by atoms with Gasteiger partial charge in [-0.3, -0.25) is 0 Å². The molecule has 2 aromatic heterocycles. The second kappa shape index (κ2) is 9.33. The highest BCUT2D eigenvalue weighted by atomic mass is 32.2. The topological polar surface area (TPSA) is 26.3 Å². The molecular formula is C22H26O2S2. The van der Waals surface area contributed by atoms with Crippen molar-refractivity contribution in [1.82, 2.24) is 0 Å². The van der Waals surface area contributed by atoms with Crippen molar-refractivity contribution in [2.75, 3.05) is 0 Å². The maximum Gasteiger partial charge on any atom is 0.353 e. The highest BCUT2D eigenvalue weighted by Gasteiger charge is 2.15. The first kappa shape index (κ1) is 19.1. The van der Waals surface area contributed by atoms with Gasteiger partial charge in [-0.05, 0) is 55.5 Å². The second-order valence-electron chi connectivity index (χ2n) is 6.66. The molecule has 0 aliphatic carbocycles. The van der Waals surface area contributed by atoms with Gasteiger partial charge in [0.2, 0.25) is 0 Å². The van der Waals surface area contributed by atoms with Crippen molar-refractivity contribution >= 4 is 38.0 Å². The van der Waals surface area contributed by atoms with Crippen molar-refractivity contribution in [1.29, 1.82) is 0 Å². The zero-order valence-corrected chi connectivity index (χ0v) is 17.2. The van der Waals surface area contributed by atoms with Gasteiger partial charge in [0.15, 0.2) is 0 Å². The number of fused-ring (bicyclic) bond motifs is 1. The number of hydrogen-bond donors (Lipinski definition) is 0. The van der Waals surface area contributed by atoms with E-state index in [0.29, 0.717) is 10.6 Å². The van der Waals surface area contributed by atoms with Gasteiger partial charge in [-0.1, -0.05) is 45.2 Å². The maximum absolute atomic E-state index is 12.4. The number of unbranched alkanes of at least 4 members (excludes halogenated alkanes) is 3. The molecule has 0 aliphatic rings. The Bertz CT molecular complexity index is 811. The van der Waals surface area contributed by atoms with Gasteiger partial charge in [-0.25, -0.2) is 4.79 Å². The van der Waals surface area contributed by atoms with Crippen LogP contribution in [0.1, 0.15) is 66.1 Å². The Morgan fingerprint density at radius 1 is 0.923 bits per heavy atom. The van der Waals surface area contributed by atoms with Gasteiger partial charge in [0, 0.05) is 10.3 Å². The molecule has 3 aromatic rings. The lowest BCUT2D eigenvalue weighted by atomic mass is 10.1. The molecular weight excluding hydrogens is 360 g/mol. The summed E-state index contributed by atoms with van der Waals surface area (Å²) >= 11 is 3.34. The van der Waals surface area contributed by atoms with Crippen molar-refractivity contribution in [2.45, 2.75) is 58.8 Å². The van der Waals surface area contributed by atoms with Crippen molar-refractivity contribution < 1.29 is 9.53 Å². The molecule has 138 valence electrons. The lowest BCUT2D eigenvalue weighted by Crippen LogP contribution is -2.06. The van der Waals surface area contributed by atoms with Crippen LogP contribution in [0.15, 0.2) is 36.4 Å². The van der Waals surface area contributed by atoms with Crippen LogP contribution in [-0.4, -0.2) is 5.97 Å². The lowest BCUT2D eigenvalue weighted by molar-refractivity contribution is 0.0740. The minimum absolute atomic E-state index is 0.257. The van der Waals surface area contributed by atoms with E-state index in [9.17, 15) is 4.79 Å². The number of thiophene rings is 2. The third kappa shape index (κ3) is 4.95. The van der Waals surface area contributed by atoms with E-state index >= 15 is 0 Å². The van der Waals surface area contributed by atoms with Crippen LogP contribution >= 0.6 is 22.7 Å². The summed E-state index contributed by atoms with van der Waals surface area (Å²) in [5.41, 5.74) is 1.30. The predicted molar refractivity (Wildman–Crippen MR) is 113 cm³/mol. The molecule has 4 heteroatoms. The van der Waals surface area contributed by atoms with Crippen LogP contribution in [0.25, 0.3) is 9.40 Å². The van der Waals surface area contributed by atoms with Crippen molar-refractivity contribution in [3.63, 3.8) is 0 Å². The Kier molecular flexibility index (Phi) is 6.86. The highest BCUT2D eigenvalue weighted by Crippen LogP contribution is 2.34. The first-order chi connectivity index (χ1) is 12.7. The fourth-order valence-electron chi connectivity index (χ4n) is 2.93. The van der Waals surface area contributed by atoms with Crippen LogP contribution in [0.3, 0.4) is 0 Å². The first-order valence-electron chi connectivity index (χ1n) is 9.53. The molecule has 2 heterocycles. The summed E-state index contributed by atoms with van der Waals surface area (Å²) in [5, 5.41) is 1.17. The molecule has 0 saturated carbocycles. The number of ether oxygens (including phenoxy) is 1. The van der Waals surface area contributed by atoms with Crippen LogP contribution in [0, 0.1) is 0 Å². The molecule has 0 N–H and O–H groups in total. The smallest absolute Gasteiger partial charge is 0.353 e. The van der Waals surface area contributed by atoms with E-state index in [1.165, 1.54) is 63.3 Å². The zero-order valence-electron chi connectivity index (χ0n) is 15.5. The van der Waals surface area contributed by atoms with Gasteiger partial charge in [0.25, 0.3) is 0 Å². The molecule has 26 heavy (non-hydrogen) atoms. The molecule has 0 radical (unpaired) electrons. The molecule has 2 nitrogen and oxygen atoms in total. The minimum atomic E-state index is -0.257. The average molecular weight is 387 g/mol. The zero-order chi connectivity index (χ0) is 18.4. The number of carbonyl (C=O) groups excluding carboxylic acids is 1. The summed E-state index contributed by atoms with van der Waals surface area (Å²) in [5.74, 6) is 0.363. The first-order valence-corrected chi connectivity index (χ1v) is 11.2. The van der Waals surface area contributed by atoms with Gasteiger partial charge in [-0.2, -0.15) is 0 Å². The van der Waals surface area contributed by atoms with Gasteiger partial charge in [0.1, 0.15) is 10.6 Å². The van der Waals surface area contributed by atoms with Gasteiger partial charge < -0.3 is 4.74 Å². The lowest BCUT2D eigenvalue weighted by Gasteiger charge is -2.04. The van der Waals surface area contributed by atoms with Crippen LogP contribution in [-0.2, 0) is 12.8 Å². The number of esters is 1. The van der Waals surface area contributed by atoms with Crippen LogP contribution < -0.4 is 4.74 Å². The standard InChI is InChI=1S/C22H26O2S2/c1-3-5-7-8-16-10-12-18(13-11-16)24-21(23)20-15-17-14-19(9-6-4-2)25-22(17)26-20/h10-15H,3-9H2,1-2H3. The second-order valence-corrected chi connectivity index (χ2v) is 9.11. The molecule has 3 rings (SSSR count). The number of benzene rings is 1. The maximum atomic E-state index is 12.4. The Labute approximate surface area is 163 Å². The van der Waals surface area contributed by atoms with E-state index in [-0.39, 0.29) is 5.97 Å². The third-order valence-corrected chi connectivity index (χ3v) is 6.88. The van der Waals surface area contributed by atoms with E-state index in [0.717, 1.165) is 12.8 Å². The van der Waals surface area contributed by atoms with Gasteiger partial charge in [0.05, 0.1) is 4.01 Å². The van der Waals surface area contributed by atoms with Crippen molar-refractivity contribution in [3.8, 4) is 5.75 Å². The Morgan fingerprint density at radius 3 is 2.38 bits per heavy atom. The molecule has 0 fully saturated rings. The van der Waals surface area contributed by atoms with E-state index in [1.54, 1.807) is 11.3 Å². The number of carbonyl (C=O) groups is 1. The fraction of sp³-hybridized carbons (Fsp3) is 0.409. The molecule has 0 bridgehead atoms. The predicted octanol–water partition coefficient (Wildman–Crippen LogP) is 7.26. The molecule has 1 aromatic carbocycles. The van der Waals surface area contributed by atoms with Crippen LogP contribution in [0.2, 0.25) is 0 Å². The number of rotatable bonds is 9. The van der Waals surface area contributed by atoms with E-state index in [4.69, 9.17) is 4.74 Å². The summed E-state index contributed by atoms with van der Waals surface area (Å²) in [4.78, 5) is 14.5. The number of aryl methyl sites for hydroxylation is 2. The summed E-state index contributed by atoms with van der Waals surface area (Å²) in [7, 11) is 0. The Balaban J connectivity index is 1.60. The van der Waals surface area contributed by atoms with Gasteiger partial charge in [-0.15, -0.1) is 22.7 Å². The van der Waals surface area contributed by atoms with E-state index in [2.05, 4.69) is 32.0 Å². The summed E-state index contributed by atoms with van der Waals surface area (Å²) < 4.78 is 6.77. The molecule has 0 saturated heterocycles. The Hall–Kier alpha value is -1.65. The summed E-state index contributed by atoms with van der Waals surface area (Å²) in [6.45, 7) is 4.42. The van der Waals surface area contributed by atoms with Crippen molar-refractivity contribution in [3.05, 3.63) is 51.7 Å². The Morgan fingerprint density at radius 2 is 1.69 bits per heavy atom. The summed E-state index contributed by atoms with van der Waals surface area (Å²) in [6.07, 6.45) is 8.34. The number of hydrogen-bond acceptors (Lipinski definition) is 4. The molecule has 0 amide bonds. The fourth-order valence-corrected chi connectivity index (χ4v) is 5.34. The van der Waals surface area contributed by atoms with Crippen LogP contribution in [0.5, 0.6) is 5.75 Å². The highest BCUT2D eigenvalue weighted by molar-refractivity contribution is 7.39. The molecule has 0 unspecified atom stereocenters. The molecule has 0 spiro atoms. The van der Waals surface area contributed by atoms with Gasteiger partial charge >= 0.3 is 5.97 Å².